The van der Waals surface area contributed by atoms with Gasteiger partial charge in [-0.15, -0.1) is 0 Å². The van der Waals surface area contributed by atoms with Crippen molar-refractivity contribution in [1.82, 2.24) is 9.47 Å². The van der Waals surface area contributed by atoms with Crippen LogP contribution in [0.4, 0.5) is 8.78 Å². The number of primary amides is 1. The number of piperidine rings is 1. The second-order valence-corrected chi connectivity index (χ2v) is 12.0. The summed E-state index contributed by atoms with van der Waals surface area (Å²) in [5, 5.41) is 1.92. The number of likely N-dealkylation sites (tertiary alicyclic amines) is 1. The average molecular weight is 583 g/mol. The first-order valence-corrected chi connectivity index (χ1v) is 14.6. The molecule has 220 valence electrons. The lowest BCUT2D eigenvalue weighted by atomic mass is 10.0. The van der Waals surface area contributed by atoms with Gasteiger partial charge in [0.1, 0.15) is 17.6 Å². The number of aromatic nitrogens is 1. The van der Waals surface area contributed by atoms with Crippen LogP contribution in [0.15, 0.2) is 65.1 Å². The molecule has 1 aliphatic heterocycles. The third-order valence-corrected chi connectivity index (χ3v) is 8.75. The Morgan fingerprint density at radius 2 is 1.77 bits per heavy atom. The quantitative estimate of drug-likeness (QED) is 0.249. The maximum Gasteiger partial charge on any atom is 0.254 e. The van der Waals surface area contributed by atoms with E-state index in [0.29, 0.717) is 29.2 Å². The number of hydrogen-bond donors (Lipinski definition) is 2. The van der Waals surface area contributed by atoms with E-state index in [1.807, 2.05) is 31.2 Å². The van der Waals surface area contributed by atoms with Gasteiger partial charge in [-0.05, 0) is 79.6 Å². The fourth-order valence-corrected chi connectivity index (χ4v) is 6.30. The largest absolute Gasteiger partial charge is 0.454 e. The van der Waals surface area contributed by atoms with E-state index in [-0.39, 0.29) is 30.5 Å². The molecule has 2 amide bonds. The molecule has 3 heterocycles. The van der Waals surface area contributed by atoms with Crippen molar-refractivity contribution >= 4 is 33.7 Å². The Balaban J connectivity index is 1.29. The van der Waals surface area contributed by atoms with Crippen molar-refractivity contribution in [3.8, 4) is 22.6 Å². The third-order valence-electron chi connectivity index (χ3n) is 8.75. The van der Waals surface area contributed by atoms with Crippen LogP contribution < -0.4 is 11.5 Å². The number of benzene rings is 3. The lowest BCUT2D eigenvalue weighted by Gasteiger charge is -2.33. The number of rotatable bonds is 6. The van der Waals surface area contributed by atoms with E-state index in [4.69, 9.17) is 15.9 Å². The number of furan rings is 1. The first-order chi connectivity index (χ1) is 20.7. The molecule has 2 fully saturated rings. The van der Waals surface area contributed by atoms with Crippen LogP contribution in [0, 0.1) is 18.7 Å². The Morgan fingerprint density at radius 1 is 1.00 bits per heavy atom. The topological polar surface area (TPSA) is 107 Å². The molecule has 2 atom stereocenters. The van der Waals surface area contributed by atoms with Crippen molar-refractivity contribution in [2.75, 3.05) is 13.1 Å². The Kier molecular flexibility index (Phi) is 6.58. The molecular weight excluding hydrogens is 550 g/mol. The molecule has 9 heteroatoms. The lowest BCUT2D eigenvalue weighted by Crippen LogP contribution is -2.50. The van der Waals surface area contributed by atoms with E-state index in [0.717, 1.165) is 58.3 Å². The van der Waals surface area contributed by atoms with Gasteiger partial charge in [0.25, 0.3) is 11.8 Å². The van der Waals surface area contributed by atoms with Crippen LogP contribution in [0.2, 0.25) is 0 Å². The second kappa shape index (κ2) is 10.3. The molecule has 0 spiro atoms. The smallest absolute Gasteiger partial charge is 0.254 e. The zero-order valence-corrected chi connectivity index (χ0v) is 23.8. The van der Waals surface area contributed by atoms with Gasteiger partial charge in [0.15, 0.2) is 5.76 Å². The summed E-state index contributed by atoms with van der Waals surface area (Å²) in [6.45, 7) is 3.19. The monoisotopic (exact) mass is 582 g/mol. The fourth-order valence-electron chi connectivity index (χ4n) is 6.30. The number of alkyl halides is 1. The Hall–Kier alpha value is -4.50. The normalized spacial score (nSPS) is 18.9. The van der Waals surface area contributed by atoms with Crippen molar-refractivity contribution in [2.45, 2.75) is 44.9 Å². The molecule has 0 bridgehead atoms. The zero-order valence-electron chi connectivity index (χ0n) is 23.8. The number of nitrogens with two attached hydrogens (primary N) is 2. The minimum absolute atomic E-state index is 0.0399. The van der Waals surface area contributed by atoms with E-state index in [9.17, 15) is 18.4 Å². The third kappa shape index (κ3) is 4.97. The average Bonchev–Trinajstić information content (AvgIpc) is 3.65. The van der Waals surface area contributed by atoms with Gasteiger partial charge in [0, 0.05) is 46.5 Å². The maximum atomic E-state index is 14.6. The number of halogens is 2. The molecule has 43 heavy (non-hydrogen) atoms. The molecular formula is C34H32F2N4O3. The van der Waals surface area contributed by atoms with Crippen LogP contribution in [0.3, 0.4) is 0 Å². The fraction of sp³-hybridized carbons (Fsp3) is 0.294. The van der Waals surface area contributed by atoms with Crippen molar-refractivity contribution in [1.29, 1.82) is 0 Å². The molecule has 7 rings (SSSR count). The van der Waals surface area contributed by atoms with E-state index >= 15 is 0 Å². The van der Waals surface area contributed by atoms with Crippen LogP contribution >= 0.6 is 0 Å². The van der Waals surface area contributed by atoms with Crippen LogP contribution in [0.5, 0.6) is 0 Å². The van der Waals surface area contributed by atoms with Gasteiger partial charge >= 0.3 is 0 Å². The number of carbonyl (C=O) groups is 2. The molecule has 1 saturated carbocycles. The standard InChI is InChI=1S/C34H32F2N4O3/c1-18-26-8-7-23(34(42)39-16-24(35)14-25(37)17-39)13-31(26)43-32(18)30-12-22-5-4-21(11-29(22)40(30)15-19-2-3-19)20-6-9-27(33(38)41)28(36)10-20/h4-13,19,24-25H,2-3,14-17,37H2,1H3,(H2,38,41)/t24-,25-/m1/s1. The summed E-state index contributed by atoms with van der Waals surface area (Å²) < 4.78 is 37.4. The van der Waals surface area contributed by atoms with Crippen LogP contribution in [0.1, 0.15) is 45.5 Å². The molecule has 4 N–H and O–H groups in total. The van der Waals surface area contributed by atoms with E-state index in [2.05, 4.69) is 10.6 Å². The first kappa shape index (κ1) is 27.3. The van der Waals surface area contributed by atoms with Gasteiger partial charge in [-0.3, -0.25) is 9.59 Å². The molecule has 2 aromatic heterocycles. The summed E-state index contributed by atoms with van der Waals surface area (Å²) in [5.41, 5.74) is 16.5. The molecule has 2 aliphatic rings. The number of nitrogens with zero attached hydrogens (tertiary/aromatic N) is 2. The van der Waals surface area contributed by atoms with Gasteiger partial charge in [-0.2, -0.15) is 0 Å². The highest BCUT2D eigenvalue weighted by atomic mass is 19.1. The molecule has 0 radical (unpaired) electrons. The van der Waals surface area contributed by atoms with E-state index in [1.165, 1.54) is 17.0 Å². The van der Waals surface area contributed by atoms with Crippen LogP contribution in [-0.2, 0) is 6.54 Å². The van der Waals surface area contributed by atoms with Crippen LogP contribution in [-0.4, -0.2) is 46.6 Å². The summed E-state index contributed by atoms with van der Waals surface area (Å²) in [6.07, 6.45) is 1.45. The van der Waals surface area contributed by atoms with Crippen molar-refractivity contribution < 1.29 is 22.8 Å². The number of fused-ring (bicyclic) bond motifs is 2. The summed E-state index contributed by atoms with van der Waals surface area (Å²) in [6, 6.07) is 17.5. The highest BCUT2D eigenvalue weighted by molar-refractivity contribution is 6.00. The van der Waals surface area contributed by atoms with Gasteiger partial charge < -0.3 is 25.4 Å². The molecule has 5 aromatic rings. The Bertz CT molecular complexity index is 1910. The first-order valence-electron chi connectivity index (χ1n) is 14.6. The lowest BCUT2D eigenvalue weighted by molar-refractivity contribution is 0.0606. The van der Waals surface area contributed by atoms with Gasteiger partial charge in [-0.1, -0.05) is 24.3 Å². The number of hydrogen-bond acceptors (Lipinski definition) is 4. The summed E-state index contributed by atoms with van der Waals surface area (Å²) in [7, 11) is 0. The highest BCUT2D eigenvalue weighted by Gasteiger charge is 2.30. The number of carbonyl (C=O) groups excluding carboxylic acids is 2. The predicted molar refractivity (Wildman–Crippen MR) is 162 cm³/mol. The van der Waals surface area contributed by atoms with Crippen molar-refractivity contribution in [3.63, 3.8) is 0 Å². The Morgan fingerprint density at radius 3 is 2.49 bits per heavy atom. The molecule has 1 saturated heterocycles. The zero-order chi connectivity index (χ0) is 30.0. The van der Waals surface area contributed by atoms with Crippen molar-refractivity contribution in [2.24, 2.45) is 17.4 Å². The summed E-state index contributed by atoms with van der Waals surface area (Å²) in [5.74, 6) is -0.425. The van der Waals surface area contributed by atoms with Gasteiger partial charge in [-0.25, -0.2) is 8.78 Å². The SMILES string of the molecule is Cc1c(-c2cc3ccc(-c4ccc(C(N)=O)c(F)c4)cc3n2CC2CC2)oc2cc(C(=O)N3C[C@H](N)C[C@@H](F)C3)ccc12. The highest BCUT2D eigenvalue weighted by Crippen LogP contribution is 2.40. The molecule has 0 unspecified atom stereocenters. The minimum Gasteiger partial charge on any atom is -0.454 e. The second-order valence-electron chi connectivity index (χ2n) is 12.0. The summed E-state index contributed by atoms with van der Waals surface area (Å²) >= 11 is 0. The molecule has 7 nitrogen and oxygen atoms in total. The van der Waals surface area contributed by atoms with E-state index < -0.39 is 17.9 Å². The van der Waals surface area contributed by atoms with Gasteiger partial charge in [0.2, 0.25) is 0 Å². The van der Waals surface area contributed by atoms with Crippen molar-refractivity contribution in [3.05, 3.63) is 83.2 Å². The minimum atomic E-state index is -1.13. The summed E-state index contributed by atoms with van der Waals surface area (Å²) in [4.78, 5) is 26.2. The van der Waals surface area contributed by atoms with Gasteiger partial charge in [0.05, 0.1) is 17.8 Å². The molecule has 3 aromatic carbocycles. The predicted octanol–water partition coefficient (Wildman–Crippen LogP) is 6.19. The number of amides is 2. The Labute approximate surface area is 247 Å². The van der Waals surface area contributed by atoms with Crippen LogP contribution in [0.25, 0.3) is 44.5 Å². The number of aryl methyl sites for hydroxylation is 1. The van der Waals surface area contributed by atoms with E-state index in [1.54, 1.807) is 18.2 Å². The maximum absolute atomic E-state index is 14.6. The molecule has 1 aliphatic carbocycles.